The first-order chi connectivity index (χ1) is 10.2. The first-order valence-corrected chi connectivity index (χ1v) is 8.31. The van der Waals surface area contributed by atoms with Crippen molar-refractivity contribution in [2.75, 3.05) is 6.54 Å². The fourth-order valence-electron chi connectivity index (χ4n) is 3.23. The zero-order valence-electron chi connectivity index (χ0n) is 12.9. The van der Waals surface area contributed by atoms with Gasteiger partial charge >= 0.3 is 0 Å². The summed E-state index contributed by atoms with van der Waals surface area (Å²) in [6, 6.07) is 4.49. The average Bonchev–Trinajstić information content (AvgIpc) is 3.02. The summed E-state index contributed by atoms with van der Waals surface area (Å²) in [5, 5.41) is 6.28. The van der Waals surface area contributed by atoms with E-state index in [2.05, 4.69) is 23.6 Å². The Labute approximate surface area is 126 Å². The van der Waals surface area contributed by atoms with Crippen molar-refractivity contribution in [3.05, 3.63) is 23.7 Å². The summed E-state index contributed by atoms with van der Waals surface area (Å²) >= 11 is 0. The molecule has 2 aliphatic carbocycles. The molecule has 21 heavy (non-hydrogen) atoms. The zero-order valence-corrected chi connectivity index (χ0v) is 12.9. The lowest BCUT2D eigenvalue weighted by Gasteiger charge is -2.22. The Morgan fingerprint density at radius 2 is 2.05 bits per heavy atom. The molecule has 1 aromatic rings. The molecular formula is C17H26N2O2. The number of hydrogen-bond acceptors (Lipinski definition) is 3. The highest BCUT2D eigenvalue weighted by Gasteiger charge is 2.36. The summed E-state index contributed by atoms with van der Waals surface area (Å²) in [7, 11) is 0. The highest BCUT2D eigenvalue weighted by Crippen LogP contribution is 2.47. The molecule has 4 heteroatoms. The van der Waals surface area contributed by atoms with Gasteiger partial charge in [0, 0.05) is 12.0 Å². The largest absolute Gasteiger partial charge is 0.464 e. The minimum Gasteiger partial charge on any atom is -0.464 e. The lowest BCUT2D eigenvalue weighted by molar-refractivity contribution is -0.121. The van der Waals surface area contributed by atoms with Gasteiger partial charge in [-0.15, -0.1) is 0 Å². The van der Waals surface area contributed by atoms with Crippen molar-refractivity contribution in [1.82, 2.24) is 10.6 Å². The van der Waals surface area contributed by atoms with Crippen molar-refractivity contribution >= 4 is 5.91 Å². The van der Waals surface area contributed by atoms with Gasteiger partial charge in [0.15, 0.2) is 0 Å². The molecule has 1 aromatic heterocycles. The van der Waals surface area contributed by atoms with E-state index in [1.165, 1.54) is 25.7 Å². The van der Waals surface area contributed by atoms with Crippen molar-refractivity contribution in [3.63, 3.8) is 0 Å². The van der Waals surface area contributed by atoms with Gasteiger partial charge in [0.25, 0.3) is 0 Å². The molecule has 2 unspecified atom stereocenters. The zero-order chi connectivity index (χ0) is 14.7. The summed E-state index contributed by atoms with van der Waals surface area (Å²) < 4.78 is 5.82. The van der Waals surface area contributed by atoms with E-state index >= 15 is 0 Å². The van der Waals surface area contributed by atoms with E-state index in [4.69, 9.17) is 4.42 Å². The third kappa shape index (κ3) is 4.10. The van der Waals surface area contributed by atoms with Crippen LogP contribution in [0.4, 0.5) is 0 Å². The van der Waals surface area contributed by atoms with Crippen molar-refractivity contribution in [2.24, 2.45) is 5.92 Å². The Kier molecular flexibility index (Phi) is 4.63. The minimum absolute atomic E-state index is 0.101. The minimum atomic E-state index is 0.101. The quantitative estimate of drug-likeness (QED) is 0.847. The highest BCUT2D eigenvalue weighted by molar-refractivity contribution is 5.78. The Hall–Kier alpha value is -1.29. The highest BCUT2D eigenvalue weighted by atomic mass is 16.3. The van der Waals surface area contributed by atoms with E-state index in [9.17, 15) is 4.79 Å². The van der Waals surface area contributed by atoms with E-state index in [1.54, 1.807) is 0 Å². The third-order valence-electron chi connectivity index (χ3n) is 4.71. The maximum atomic E-state index is 11.9. The second-order valence-corrected chi connectivity index (χ2v) is 6.63. The van der Waals surface area contributed by atoms with E-state index in [0.717, 1.165) is 30.3 Å². The number of nitrogens with one attached hydrogen (secondary N) is 2. The molecule has 4 nitrogen and oxygen atoms in total. The molecule has 2 aliphatic rings. The number of furan rings is 1. The molecule has 0 bridgehead atoms. The van der Waals surface area contributed by atoms with Gasteiger partial charge in [0.1, 0.15) is 11.5 Å². The monoisotopic (exact) mass is 290 g/mol. The van der Waals surface area contributed by atoms with Crippen LogP contribution >= 0.6 is 0 Å². The normalized spacial score (nSPS) is 25.8. The van der Waals surface area contributed by atoms with Crippen LogP contribution in [0.25, 0.3) is 0 Å². The Morgan fingerprint density at radius 1 is 1.29 bits per heavy atom. The molecule has 0 aliphatic heterocycles. The molecule has 2 fully saturated rings. The van der Waals surface area contributed by atoms with Crippen molar-refractivity contribution in [1.29, 1.82) is 0 Å². The van der Waals surface area contributed by atoms with Crippen LogP contribution in [0, 0.1) is 5.92 Å². The second kappa shape index (κ2) is 6.65. The summed E-state index contributed by atoms with van der Waals surface area (Å²) in [5.74, 6) is 3.51. The first-order valence-electron chi connectivity index (χ1n) is 8.31. The number of carbonyl (C=O) groups excluding carboxylic acids is 1. The Bertz CT molecular complexity index is 477. The summed E-state index contributed by atoms with van der Waals surface area (Å²) in [6.07, 6.45) is 7.30. The Balaban J connectivity index is 1.35. The standard InChI is InChI=1S/C17H26N2O2/c1-12-9-15(12)16-8-7-14(21-16)10-18-11-17(20)19-13-5-3-2-4-6-13/h7-8,12-13,15,18H,2-6,9-11H2,1H3,(H,19,20). The molecule has 0 radical (unpaired) electrons. The van der Waals surface area contributed by atoms with Crippen molar-refractivity contribution in [3.8, 4) is 0 Å². The van der Waals surface area contributed by atoms with Crippen LogP contribution in [0.2, 0.25) is 0 Å². The van der Waals surface area contributed by atoms with Crippen molar-refractivity contribution in [2.45, 2.75) is 64.0 Å². The average molecular weight is 290 g/mol. The molecule has 2 N–H and O–H groups in total. The SMILES string of the molecule is CC1CC1c1ccc(CNCC(=O)NC2CCCCC2)o1. The lowest BCUT2D eigenvalue weighted by Crippen LogP contribution is -2.41. The Morgan fingerprint density at radius 3 is 2.76 bits per heavy atom. The molecule has 0 saturated heterocycles. The molecule has 116 valence electrons. The van der Waals surface area contributed by atoms with Crippen LogP contribution < -0.4 is 10.6 Å². The second-order valence-electron chi connectivity index (χ2n) is 6.63. The number of amides is 1. The van der Waals surface area contributed by atoms with Gasteiger partial charge in [-0.1, -0.05) is 26.2 Å². The smallest absolute Gasteiger partial charge is 0.234 e. The van der Waals surface area contributed by atoms with Gasteiger partial charge in [-0.25, -0.2) is 0 Å². The molecule has 2 atom stereocenters. The van der Waals surface area contributed by atoms with Crippen LogP contribution in [0.15, 0.2) is 16.5 Å². The van der Waals surface area contributed by atoms with Crippen LogP contribution in [0.3, 0.4) is 0 Å². The van der Waals surface area contributed by atoms with Gasteiger partial charge in [-0.3, -0.25) is 4.79 Å². The fraction of sp³-hybridized carbons (Fsp3) is 0.706. The molecule has 0 spiro atoms. The topological polar surface area (TPSA) is 54.3 Å². The maximum Gasteiger partial charge on any atom is 0.234 e. The van der Waals surface area contributed by atoms with Gasteiger partial charge in [0.2, 0.25) is 5.91 Å². The maximum absolute atomic E-state index is 11.9. The van der Waals surface area contributed by atoms with Gasteiger partial charge in [-0.2, -0.15) is 0 Å². The van der Waals surface area contributed by atoms with Crippen LogP contribution in [-0.4, -0.2) is 18.5 Å². The number of hydrogen-bond donors (Lipinski definition) is 2. The molecule has 1 amide bonds. The molecular weight excluding hydrogens is 264 g/mol. The molecule has 3 rings (SSSR count). The number of rotatable bonds is 6. The van der Waals surface area contributed by atoms with E-state index in [-0.39, 0.29) is 5.91 Å². The summed E-state index contributed by atoms with van der Waals surface area (Å²) in [6.45, 7) is 3.24. The summed E-state index contributed by atoms with van der Waals surface area (Å²) in [4.78, 5) is 11.9. The predicted molar refractivity (Wildman–Crippen MR) is 82.0 cm³/mol. The van der Waals surface area contributed by atoms with E-state index < -0.39 is 0 Å². The van der Waals surface area contributed by atoms with E-state index in [0.29, 0.717) is 25.0 Å². The lowest BCUT2D eigenvalue weighted by atomic mass is 9.95. The molecule has 0 aromatic carbocycles. The number of carbonyl (C=O) groups is 1. The summed E-state index contributed by atoms with van der Waals surface area (Å²) in [5.41, 5.74) is 0. The third-order valence-corrected chi connectivity index (χ3v) is 4.71. The van der Waals surface area contributed by atoms with Gasteiger partial charge in [-0.05, 0) is 37.3 Å². The van der Waals surface area contributed by atoms with E-state index in [1.807, 2.05) is 6.07 Å². The molecule has 1 heterocycles. The van der Waals surface area contributed by atoms with Crippen LogP contribution in [-0.2, 0) is 11.3 Å². The van der Waals surface area contributed by atoms with Crippen LogP contribution in [0.1, 0.15) is 62.9 Å². The van der Waals surface area contributed by atoms with Gasteiger partial charge in [0.05, 0.1) is 13.1 Å². The first kappa shape index (κ1) is 14.6. The van der Waals surface area contributed by atoms with Crippen LogP contribution in [0.5, 0.6) is 0 Å². The predicted octanol–water partition coefficient (Wildman–Crippen LogP) is 2.94. The van der Waals surface area contributed by atoms with Gasteiger partial charge < -0.3 is 15.1 Å². The van der Waals surface area contributed by atoms with Crippen molar-refractivity contribution < 1.29 is 9.21 Å². The fourth-order valence-corrected chi connectivity index (χ4v) is 3.23. The molecule has 2 saturated carbocycles.